The number of aliphatic hydroxyl groups excluding tert-OH is 2. The van der Waals surface area contributed by atoms with Gasteiger partial charge in [-0.2, -0.15) is 0 Å². The molecule has 13 nitrogen and oxygen atoms in total. The molecule has 0 rings (SSSR count). The summed E-state index contributed by atoms with van der Waals surface area (Å²) in [4.78, 5) is 59.2. The van der Waals surface area contributed by atoms with Gasteiger partial charge in [0.2, 0.25) is 17.7 Å². The molecule has 0 spiro atoms. The summed E-state index contributed by atoms with van der Waals surface area (Å²) in [6, 6.07) is -5.88. The zero-order valence-electron chi connectivity index (χ0n) is 17.0. The Balaban J connectivity index is 5.54. The first-order valence-corrected chi connectivity index (χ1v) is 9.25. The number of carboxylic acid groups (broad SMARTS) is 2. The fourth-order valence-electron chi connectivity index (χ4n) is 2.33. The van der Waals surface area contributed by atoms with Crippen molar-refractivity contribution in [1.29, 1.82) is 0 Å². The molecule has 172 valence electrons. The molecule has 0 aliphatic heterocycles. The van der Waals surface area contributed by atoms with E-state index in [0.29, 0.717) is 6.42 Å². The highest BCUT2D eigenvalue weighted by Gasteiger charge is 2.34. The van der Waals surface area contributed by atoms with Crippen LogP contribution in [-0.4, -0.2) is 87.0 Å². The van der Waals surface area contributed by atoms with Crippen molar-refractivity contribution in [1.82, 2.24) is 16.0 Å². The van der Waals surface area contributed by atoms with Gasteiger partial charge in [-0.3, -0.25) is 19.2 Å². The molecule has 0 aromatic heterocycles. The Kier molecular flexibility index (Phi) is 11.5. The lowest BCUT2D eigenvalue weighted by Crippen LogP contribution is -2.60. The second kappa shape index (κ2) is 12.7. The predicted molar refractivity (Wildman–Crippen MR) is 102 cm³/mol. The van der Waals surface area contributed by atoms with Gasteiger partial charge in [-0.15, -0.1) is 0 Å². The highest BCUT2D eigenvalue weighted by atomic mass is 16.4. The van der Waals surface area contributed by atoms with E-state index in [-0.39, 0.29) is 0 Å². The molecule has 0 saturated heterocycles. The quantitative estimate of drug-likeness (QED) is 0.144. The van der Waals surface area contributed by atoms with Crippen LogP contribution in [0.3, 0.4) is 0 Å². The summed E-state index contributed by atoms with van der Waals surface area (Å²) in [6.07, 6.45) is -1.94. The molecule has 0 aromatic rings. The van der Waals surface area contributed by atoms with E-state index < -0.39 is 78.9 Å². The minimum Gasteiger partial charge on any atom is -0.481 e. The van der Waals surface area contributed by atoms with Crippen LogP contribution in [0.5, 0.6) is 0 Å². The molecule has 0 aliphatic rings. The fraction of sp³-hybridized carbons (Fsp3) is 0.706. The van der Waals surface area contributed by atoms with E-state index in [1.54, 1.807) is 13.8 Å². The standard InChI is InChI=1S/C17H30N4O9/c1-4-7(2)12(20-14(26)9(18)6-22)16(28)19-10(5-11(24)25)15(27)21-13(8(3)23)17(29)30/h7-10,12-13,22-23H,4-6,18H2,1-3H3,(H,19,28)(H,20,26)(H,21,27)(H,24,25)(H,29,30). The van der Waals surface area contributed by atoms with Crippen molar-refractivity contribution in [2.45, 2.75) is 63.9 Å². The van der Waals surface area contributed by atoms with Gasteiger partial charge in [0.15, 0.2) is 6.04 Å². The van der Waals surface area contributed by atoms with E-state index in [0.717, 1.165) is 6.92 Å². The van der Waals surface area contributed by atoms with Crippen molar-refractivity contribution in [2.75, 3.05) is 6.61 Å². The van der Waals surface area contributed by atoms with Gasteiger partial charge in [-0.1, -0.05) is 20.3 Å². The number of amides is 3. The molecule has 30 heavy (non-hydrogen) atoms. The number of carbonyl (C=O) groups is 5. The van der Waals surface area contributed by atoms with Crippen LogP contribution in [-0.2, 0) is 24.0 Å². The van der Waals surface area contributed by atoms with Gasteiger partial charge in [0, 0.05) is 0 Å². The van der Waals surface area contributed by atoms with Gasteiger partial charge < -0.3 is 42.1 Å². The maximum Gasteiger partial charge on any atom is 0.328 e. The van der Waals surface area contributed by atoms with Crippen LogP contribution >= 0.6 is 0 Å². The van der Waals surface area contributed by atoms with Crippen molar-refractivity contribution in [3.8, 4) is 0 Å². The molecule has 0 bridgehead atoms. The Morgan fingerprint density at radius 3 is 1.83 bits per heavy atom. The van der Waals surface area contributed by atoms with Crippen LogP contribution in [0.1, 0.15) is 33.6 Å². The number of nitrogens with one attached hydrogen (secondary N) is 3. The lowest BCUT2D eigenvalue weighted by molar-refractivity contribution is -0.146. The zero-order valence-corrected chi connectivity index (χ0v) is 17.0. The molecule has 0 aliphatic carbocycles. The predicted octanol–water partition coefficient (Wildman–Crippen LogP) is -3.25. The van der Waals surface area contributed by atoms with E-state index in [1.165, 1.54) is 0 Å². The lowest BCUT2D eigenvalue weighted by atomic mass is 9.97. The van der Waals surface area contributed by atoms with Gasteiger partial charge in [-0.25, -0.2) is 4.79 Å². The first kappa shape index (κ1) is 27.2. The third-order valence-corrected chi connectivity index (χ3v) is 4.38. The number of carboxylic acids is 2. The average molecular weight is 434 g/mol. The number of aliphatic carboxylic acids is 2. The molecule has 0 fully saturated rings. The molecular weight excluding hydrogens is 404 g/mol. The van der Waals surface area contributed by atoms with Crippen LogP contribution in [0.2, 0.25) is 0 Å². The average Bonchev–Trinajstić information content (AvgIpc) is 2.66. The summed E-state index contributed by atoms with van der Waals surface area (Å²) >= 11 is 0. The third-order valence-electron chi connectivity index (χ3n) is 4.38. The Morgan fingerprint density at radius 1 is 0.900 bits per heavy atom. The van der Waals surface area contributed by atoms with E-state index in [4.69, 9.17) is 21.1 Å². The van der Waals surface area contributed by atoms with Gasteiger partial charge >= 0.3 is 11.9 Å². The number of hydrogen-bond donors (Lipinski definition) is 8. The molecule has 13 heteroatoms. The van der Waals surface area contributed by atoms with Crippen molar-refractivity contribution in [3.63, 3.8) is 0 Å². The molecule has 0 heterocycles. The van der Waals surface area contributed by atoms with E-state index in [2.05, 4.69) is 10.6 Å². The second-order valence-corrected chi connectivity index (χ2v) is 6.88. The van der Waals surface area contributed by atoms with Gasteiger partial charge in [-0.05, 0) is 12.8 Å². The SMILES string of the molecule is CCC(C)C(NC(=O)C(N)CO)C(=O)NC(CC(=O)O)C(=O)NC(C(=O)O)C(C)O. The summed E-state index contributed by atoms with van der Waals surface area (Å²) in [6.45, 7) is 3.79. The van der Waals surface area contributed by atoms with Crippen LogP contribution in [0.25, 0.3) is 0 Å². The maximum absolute atomic E-state index is 12.7. The number of nitrogens with two attached hydrogens (primary N) is 1. The summed E-state index contributed by atoms with van der Waals surface area (Å²) < 4.78 is 0. The van der Waals surface area contributed by atoms with Crippen LogP contribution < -0.4 is 21.7 Å². The first-order chi connectivity index (χ1) is 13.8. The molecule has 9 N–H and O–H groups in total. The van der Waals surface area contributed by atoms with Crippen molar-refractivity contribution < 1.29 is 44.4 Å². The molecule has 6 unspecified atom stereocenters. The lowest BCUT2D eigenvalue weighted by Gasteiger charge is -2.27. The summed E-state index contributed by atoms with van der Waals surface area (Å²) in [7, 11) is 0. The summed E-state index contributed by atoms with van der Waals surface area (Å²) in [5, 5.41) is 43.0. The number of carbonyl (C=O) groups excluding carboxylic acids is 3. The molecule has 0 saturated carbocycles. The second-order valence-electron chi connectivity index (χ2n) is 6.88. The van der Waals surface area contributed by atoms with E-state index in [1.807, 2.05) is 5.32 Å². The van der Waals surface area contributed by atoms with E-state index >= 15 is 0 Å². The molecular formula is C17H30N4O9. The maximum atomic E-state index is 12.7. The Labute approximate surface area is 173 Å². The Hall–Kier alpha value is -2.77. The van der Waals surface area contributed by atoms with Crippen LogP contribution in [0.15, 0.2) is 0 Å². The van der Waals surface area contributed by atoms with Gasteiger partial charge in [0.1, 0.15) is 18.1 Å². The van der Waals surface area contributed by atoms with Crippen molar-refractivity contribution in [2.24, 2.45) is 11.7 Å². The Bertz CT molecular complexity index is 641. The Morgan fingerprint density at radius 2 is 1.43 bits per heavy atom. The van der Waals surface area contributed by atoms with E-state index in [9.17, 15) is 29.1 Å². The molecule has 0 radical (unpaired) electrons. The number of aliphatic hydroxyl groups is 2. The summed E-state index contributed by atoms with van der Waals surface area (Å²) in [5.74, 6) is -6.31. The third kappa shape index (κ3) is 8.71. The number of hydrogen-bond acceptors (Lipinski definition) is 8. The smallest absolute Gasteiger partial charge is 0.328 e. The monoisotopic (exact) mass is 434 g/mol. The topological polar surface area (TPSA) is 228 Å². The largest absolute Gasteiger partial charge is 0.481 e. The molecule has 3 amide bonds. The van der Waals surface area contributed by atoms with Crippen molar-refractivity contribution in [3.05, 3.63) is 0 Å². The molecule has 6 atom stereocenters. The van der Waals surface area contributed by atoms with Crippen molar-refractivity contribution >= 4 is 29.7 Å². The fourth-order valence-corrected chi connectivity index (χ4v) is 2.33. The van der Waals surface area contributed by atoms with Gasteiger partial charge in [0.25, 0.3) is 0 Å². The molecule has 0 aromatic carbocycles. The van der Waals surface area contributed by atoms with Crippen LogP contribution in [0, 0.1) is 5.92 Å². The highest BCUT2D eigenvalue weighted by Crippen LogP contribution is 2.09. The zero-order chi connectivity index (χ0) is 23.6. The van der Waals surface area contributed by atoms with Crippen LogP contribution in [0.4, 0.5) is 0 Å². The first-order valence-electron chi connectivity index (χ1n) is 9.25. The summed E-state index contributed by atoms with van der Waals surface area (Å²) in [5.41, 5.74) is 5.42. The highest BCUT2D eigenvalue weighted by molar-refractivity contribution is 5.95. The normalized spacial score (nSPS) is 16.9. The minimum absolute atomic E-state index is 0.422. The number of rotatable bonds is 13. The van der Waals surface area contributed by atoms with Gasteiger partial charge in [0.05, 0.1) is 19.1 Å². The minimum atomic E-state index is -1.72.